The van der Waals surface area contributed by atoms with E-state index in [0.29, 0.717) is 11.8 Å². The van der Waals surface area contributed by atoms with Gasteiger partial charge in [0.05, 0.1) is 0 Å². The van der Waals surface area contributed by atoms with Gasteiger partial charge < -0.3 is 0 Å². The normalized spacial score (nSPS) is 17.8. The monoisotopic (exact) mass is 657 g/mol. The second-order valence-corrected chi connectivity index (χ2v) is 21.1. The van der Waals surface area contributed by atoms with Crippen LogP contribution in [0.5, 0.6) is 0 Å². The van der Waals surface area contributed by atoms with Gasteiger partial charge in [0.1, 0.15) is 0 Å². The molecular formula is C42H35SiZr. The number of hydrogen-bond donors (Lipinski definition) is 0. The van der Waals surface area contributed by atoms with E-state index in [2.05, 4.69) is 147 Å². The third kappa shape index (κ3) is 4.75. The SMILES string of the molecule is CC1=Cc2c(-c3cccc4ccccc34)cccc2C1C[SiH]([Zr])CC1C(C)=Cc2c(-c3cccc4ccccc34)cccc21. The van der Waals surface area contributed by atoms with Crippen molar-refractivity contribution < 1.29 is 23.9 Å². The van der Waals surface area contributed by atoms with Gasteiger partial charge >= 0.3 is 278 Å². The summed E-state index contributed by atoms with van der Waals surface area (Å²) in [6, 6.07) is 47.9. The van der Waals surface area contributed by atoms with Crippen LogP contribution >= 0.6 is 0 Å². The molecule has 0 aromatic heterocycles. The molecule has 0 saturated heterocycles. The molecule has 0 aliphatic heterocycles. The topological polar surface area (TPSA) is 0 Å². The van der Waals surface area contributed by atoms with E-state index in [1.54, 1.807) is 46.2 Å². The van der Waals surface area contributed by atoms with Crippen molar-refractivity contribution in [3.05, 3.63) is 155 Å². The van der Waals surface area contributed by atoms with E-state index in [0.717, 1.165) is 0 Å². The molecule has 0 spiro atoms. The van der Waals surface area contributed by atoms with Gasteiger partial charge in [0.25, 0.3) is 0 Å². The third-order valence-corrected chi connectivity index (χ3v) is 15.6. The van der Waals surface area contributed by atoms with E-state index >= 15 is 0 Å². The standard InChI is InChI=1S/C42H35Si.Zr/c1-27-23-39-35(33-17-7-13-29-11-3-5-15-31(29)33)19-9-21-37(39)41(27)25-43-26-42-28(2)24-40-36(20-10-22-38(40)42)34-18-8-14-30-12-4-6-16-32(30)34;/h3-24,41-43H,25-26H2,1-2H3;. The van der Waals surface area contributed by atoms with Crippen molar-refractivity contribution >= 4 is 39.6 Å². The maximum absolute atomic E-state index is 2.50. The molecule has 8 rings (SSSR count). The first-order chi connectivity index (χ1) is 21.6. The Morgan fingerprint density at radius 2 is 0.864 bits per heavy atom. The van der Waals surface area contributed by atoms with Crippen molar-refractivity contribution in [2.75, 3.05) is 0 Å². The van der Waals surface area contributed by atoms with E-state index in [9.17, 15) is 0 Å². The summed E-state index contributed by atoms with van der Waals surface area (Å²) < 4.78 is 0. The van der Waals surface area contributed by atoms with Gasteiger partial charge in [0, 0.05) is 0 Å². The Morgan fingerprint density at radius 1 is 0.477 bits per heavy atom. The van der Waals surface area contributed by atoms with Gasteiger partial charge in [-0.15, -0.1) is 0 Å². The number of rotatable bonds is 6. The molecule has 0 N–H and O–H groups in total. The molecule has 6 aromatic carbocycles. The Morgan fingerprint density at radius 3 is 1.34 bits per heavy atom. The van der Waals surface area contributed by atoms with Crippen molar-refractivity contribution in [1.82, 2.24) is 0 Å². The van der Waals surface area contributed by atoms with Crippen molar-refractivity contribution in [3.63, 3.8) is 0 Å². The van der Waals surface area contributed by atoms with Gasteiger partial charge in [-0.25, -0.2) is 0 Å². The van der Waals surface area contributed by atoms with Gasteiger partial charge in [0.2, 0.25) is 0 Å². The zero-order valence-corrected chi connectivity index (χ0v) is 29.0. The fraction of sp³-hybridized carbons (Fsp3) is 0.143. The fourth-order valence-electron chi connectivity index (χ4n) is 7.92. The average molecular weight is 659 g/mol. The Kier molecular flexibility index (Phi) is 7.24. The summed E-state index contributed by atoms with van der Waals surface area (Å²) in [5.74, 6) is 0.163. The van der Waals surface area contributed by atoms with Crippen LogP contribution in [0.2, 0.25) is 12.1 Å². The Balaban J connectivity index is 1.08. The van der Waals surface area contributed by atoms with Crippen molar-refractivity contribution in [1.29, 1.82) is 0 Å². The summed E-state index contributed by atoms with van der Waals surface area (Å²) in [6.07, 6.45) is 5.00. The van der Waals surface area contributed by atoms with Gasteiger partial charge in [-0.2, -0.15) is 0 Å². The van der Waals surface area contributed by atoms with Crippen LogP contribution < -0.4 is 0 Å². The maximum atomic E-state index is 2.50. The van der Waals surface area contributed by atoms with Crippen LogP contribution in [0.15, 0.2) is 132 Å². The molecule has 2 aliphatic carbocycles. The van der Waals surface area contributed by atoms with Crippen LogP contribution in [0, 0.1) is 0 Å². The molecule has 0 radical (unpaired) electrons. The first-order valence-corrected chi connectivity index (χ1v) is 22.3. The van der Waals surface area contributed by atoms with Gasteiger partial charge in [0.15, 0.2) is 0 Å². The van der Waals surface area contributed by atoms with Crippen molar-refractivity contribution in [2.45, 2.75) is 37.8 Å². The summed E-state index contributed by atoms with van der Waals surface area (Å²) in [6.45, 7) is 4.75. The van der Waals surface area contributed by atoms with Crippen LogP contribution in [0.1, 0.15) is 47.9 Å². The molecule has 2 atom stereocenters. The van der Waals surface area contributed by atoms with Crippen LogP contribution in [0.4, 0.5) is 0 Å². The quantitative estimate of drug-likeness (QED) is 0.156. The number of hydrogen-bond acceptors (Lipinski definition) is 0. The van der Waals surface area contributed by atoms with E-state index in [-0.39, 0.29) is 0 Å². The third-order valence-electron chi connectivity index (χ3n) is 10.1. The molecule has 0 amide bonds. The molecule has 0 heterocycles. The molecular weight excluding hydrogens is 624 g/mol. The minimum absolute atomic E-state index is 0.558. The summed E-state index contributed by atoms with van der Waals surface area (Å²) in [5.41, 5.74) is 14.6. The van der Waals surface area contributed by atoms with E-state index in [4.69, 9.17) is 0 Å². The first-order valence-electron chi connectivity index (χ1n) is 15.9. The van der Waals surface area contributed by atoms with Crippen LogP contribution in [0.3, 0.4) is 0 Å². The minimum atomic E-state index is -0.954. The molecule has 2 heteroatoms. The zero-order chi connectivity index (χ0) is 29.8. The van der Waals surface area contributed by atoms with Gasteiger partial charge in [-0.1, -0.05) is 0 Å². The average Bonchev–Trinajstić information content (AvgIpc) is 3.55. The van der Waals surface area contributed by atoms with Gasteiger partial charge in [-0.3, -0.25) is 0 Å². The predicted molar refractivity (Wildman–Crippen MR) is 188 cm³/mol. The molecule has 44 heavy (non-hydrogen) atoms. The number of benzene rings is 6. The molecule has 2 unspecified atom stereocenters. The molecule has 6 aromatic rings. The zero-order valence-electron chi connectivity index (χ0n) is 25.3. The second kappa shape index (κ2) is 11.4. The van der Waals surface area contributed by atoms with Crippen LogP contribution in [-0.4, -0.2) is 5.92 Å². The molecule has 2 aliphatic rings. The molecule has 0 saturated carbocycles. The van der Waals surface area contributed by atoms with E-state index < -0.39 is 5.92 Å². The summed E-state index contributed by atoms with van der Waals surface area (Å²) in [7, 11) is 0. The Bertz CT molecular complexity index is 1970. The van der Waals surface area contributed by atoms with Gasteiger partial charge in [-0.05, 0) is 0 Å². The van der Waals surface area contributed by atoms with Crippen LogP contribution in [0.25, 0.3) is 56.0 Å². The van der Waals surface area contributed by atoms with E-state index in [1.807, 2.05) is 0 Å². The first kappa shape index (κ1) is 27.9. The van der Waals surface area contributed by atoms with Crippen molar-refractivity contribution in [3.8, 4) is 22.3 Å². The summed E-state index contributed by atoms with van der Waals surface area (Å²) >= 11 is 1.78. The summed E-state index contributed by atoms with van der Waals surface area (Å²) in [5, 5.41) is 5.31. The van der Waals surface area contributed by atoms with E-state index in [1.165, 1.54) is 67.0 Å². The number of fused-ring (bicyclic) bond motifs is 4. The van der Waals surface area contributed by atoms with Crippen LogP contribution in [-0.2, 0) is 23.9 Å². The Labute approximate surface area is 276 Å². The number of allylic oxidation sites excluding steroid dienone is 2. The molecule has 211 valence electrons. The Hall–Kier alpha value is -3.58. The fourth-order valence-corrected chi connectivity index (χ4v) is 14.0. The predicted octanol–water partition coefficient (Wildman–Crippen LogP) is 11.3. The molecule has 0 fully saturated rings. The van der Waals surface area contributed by atoms with Crippen molar-refractivity contribution in [2.24, 2.45) is 0 Å². The molecule has 0 bridgehead atoms. The second-order valence-electron chi connectivity index (χ2n) is 12.7. The summed E-state index contributed by atoms with van der Waals surface area (Å²) in [4.78, 5) is 0. The molecule has 0 nitrogen and oxygen atoms in total.